The molecular weight excluding hydrogens is 190 g/mol. The van der Waals surface area contributed by atoms with Crippen molar-refractivity contribution in [2.24, 2.45) is 0 Å². The van der Waals surface area contributed by atoms with Gasteiger partial charge in [0, 0.05) is 18.7 Å². The van der Waals surface area contributed by atoms with E-state index in [2.05, 4.69) is 19.2 Å². The summed E-state index contributed by atoms with van der Waals surface area (Å²) < 4.78 is 10.3. The summed E-state index contributed by atoms with van der Waals surface area (Å²) in [6.45, 7) is 5.18. The molecule has 0 aliphatic carbocycles. The molecule has 3 nitrogen and oxygen atoms in total. The summed E-state index contributed by atoms with van der Waals surface area (Å²) in [7, 11) is 1.75. The standard InChI is InChI=1S/C12H21NO2/c1-4-13-12(6-5-10(2)14-3)11-7-8-15-9-11/h7-10,12-13H,4-6H2,1-3H3. The zero-order valence-electron chi connectivity index (χ0n) is 9.82. The number of nitrogens with one attached hydrogen (secondary N) is 1. The average Bonchev–Trinajstić information content (AvgIpc) is 2.76. The van der Waals surface area contributed by atoms with Crippen molar-refractivity contribution >= 4 is 0 Å². The molecule has 1 aromatic heterocycles. The van der Waals surface area contributed by atoms with Crippen LogP contribution in [-0.4, -0.2) is 19.8 Å². The number of ether oxygens (including phenoxy) is 1. The van der Waals surface area contributed by atoms with E-state index in [9.17, 15) is 0 Å². The third kappa shape index (κ3) is 4.06. The van der Waals surface area contributed by atoms with Gasteiger partial charge in [-0.1, -0.05) is 6.92 Å². The van der Waals surface area contributed by atoms with E-state index < -0.39 is 0 Å². The van der Waals surface area contributed by atoms with Crippen LogP contribution in [0.25, 0.3) is 0 Å². The Balaban J connectivity index is 2.44. The van der Waals surface area contributed by atoms with E-state index in [1.807, 2.05) is 12.3 Å². The number of hydrogen-bond acceptors (Lipinski definition) is 3. The quantitative estimate of drug-likeness (QED) is 0.753. The summed E-state index contributed by atoms with van der Waals surface area (Å²) in [5.41, 5.74) is 1.22. The van der Waals surface area contributed by atoms with E-state index in [-0.39, 0.29) is 0 Å². The Kier molecular flexibility index (Phi) is 5.43. The van der Waals surface area contributed by atoms with Gasteiger partial charge in [0.25, 0.3) is 0 Å². The van der Waals surface area contributed by atoms with E-state index >= 15 is 0 Å². The van der Waals surface area contributed by atoms with E-state index in [0.717, 1.165) is 19.4 Å². The van der Waals surface area contributed by atoms with Crippen LogP contribution >= 0.6 is 0 Å². The third-order valence-corrected chi connectivity index (χ3v) is 2.66. The van der Waals surface area contributed by atoms with Gasteiger partial charge in [-0.05, 0) is 32.4 Å². The topological polar surface area (TPSA) is 34.4 Å². The minimum absolute atomic E-state index is 0.318. The molecule has 3 heteroatoms. The third-order valence-electron chi connectivity index (χ3n) is 2.66. The van der Waals surface area contributed by atoms with E-state index in [1.54, 1.807) is 13.4 Å². The molecule has 0 aromatic carbocycles. The molecule has 1 aromatic rings. The van der Waals surface area contributed by atoms with Crippen LogP contribution in [0.1, 0.15) is 38.3 Å². The van der Waals surface area contributed by atoms with Crippen molar-refractivity contribution in [2.75, 3.05) is 13.7 Å². The van der Waals surface area contributed by atoms with Gasteiger partial charge in [-0.2, -0.15) is 0 Å². The smallest absolute Gasteiger partial charge is 0.0950 e. The summed E-state index contributed by atoms with van der Waals surface area (Å²) in [6, 6.07) is 2.40. The number of rotatable bonds is 7. The Bertz CT molecular complexity index is 246. The normalized spacial score (nSPS) is 15.1. The minimum Gasteiger partial charge on any atom is -0.472 e. The van der Waals surface area contributed by atoms with Gasteiger partial charge >= 0.3 is 0 Å². The minimum atomic E-state index is 0.318. The van der Waals surface area contributed by atoms with Gasteiger partial charge in [0.2, 0.25) is 0 Å². The van der Waals surface area contributed by atoms with Gasteiger partial charge in [0.05, 0.1) is 18.6 Å². The van der Waals surface area contributed by atoms with Crippen LogP contribution in [0.3, 0.4) is 0 Å². The maximum atomic E-state index is 5.24. The lowest BCUT2D eigenvalue weighted by Crippen LogP contribution is -2.22. The molecule has 0 fully saturated rings. The van der Waals surface area contributed by atoms with Crippen molar-refractivity contribution in [1.29, 1.82) is 0 Å². The van der Waals surface area contributed by atoms with Crippen molar-refractivity contribution in [2.45, 2.75) is 38.8 Å². The lowest BCUT2D eigenvalue weighted by atomic mass is 10.0. The average molecular weight is 211 g/mol. The second-order valence-electron chi connectivity index (χ2n) is 3.79. The molecule has 0 bridgehead atoms. The first-order chi connectivity index (χ1) is 7.27. The lowest BCUT2D eigenvalue weighted by Gasteiger charge is -2.18. The first kappa shape index (κ1) is 12.3. The second kappa shape index (κ2) is 6.64. The summed E-state index contributed by atoms with van der Waals surface area (Å²) in [6.07, 6.45) is 5.98. The molecule has 0 aliphatic heterocycles. The van der Waals surface area contributed by atoms with Crippen LogP contribution in [0.5, 0.6) is 0 Å². The van der Waals surface area contributed by atoms with Gasteiger partial charge in [-0.3, -0.25) is 0 Å². The molecule has 0 radical (unpaired) electrons. The Morgan fingerprint density at radius 1 is 1.47 bits per heavy atom. The number of hydrogen-bond donors (Lipinski definition) is 1. The van der Waals surface area contributed by atoms with Crippen LogP contribution in [0.4, 0.5) is 0 Å². The predicted molar refractivity (Wildman–Crippen MR) is 60.8 cm³/mol. The Morgan fingerprint density at radius 3 is 2.80 bits per heavy atom. The molecule has 0 spiro atoms. The van der Waals surface area contributed by atoms with E-state index in [1.165, 1.54) is 5.56 Å². The monoisotopic (exact) mass is 211 g/mol. The van der Waals surface area contributed by atoms with Crippen LogP contribution in [0.2, 0.25) is 0 Å². The summed E-state index contributed by atoms with van der Waals surface area (Å²) in [4.78, 5) is 0. The first-order valence-corrected chi connectivity index (χ1v) is 5.56. The van der Waals surface area contributed by atoms with Gasteiger partial charge in [-0.25, -0.2) is 0 Å². The lowest BCUT2D eigenvalue weighted by molar-refractivity contribution is 0.106. The highest BCUT2D eigenvalue weighted by Gasteiger charge is 2.12. The number of methoxy groups -OCH3 is 1. The fourth-order valence-corrected chi connectivity index (χ4v) is 1.63. The molecule has 15 heavy (non-hydrogen) atoms. The van der Waals surface area contributed by atoms with Crippen molar-refractivity contribution in [3.8, 4) is 0 Å². The maximum Gasteiger partial charge on any atom is 0.0950 e. The molecule has 0 aliphatic rings. The summed E-state index contributed by atoms with van der Waals surface area (Å²) in [5, 5.41) is 3.45. The molecule has 1 rings (SSSR count). The Morgan fingerprint density at radius 2 is 2.27 bits per heavy atom. The van der Waals surface area contributed by atoms with E-state index in [0.29, 0.717) is 12.1 Å². The maximum absolute atomic E-state index is 5.24. The highest BCUT2D eigenvalue weighted by Crippen LogP contribution is 2.20. The van der Waals surface area contributed by atoms with Crippen LogP contribution in [0, 0.1) is 0 Å². The zero-order chi connectivity index (χ0) is 11.1. The Hall–Kier alpha value is -0.800. The van der Waals surface area contributed by atoms with Crippen molar-refractivity contribution in [3.05, 3.63) is 24.2 Å². The molecule has 2 atom stereocenters. The van der Waals surface area contributed by atoms with Gasteiger partial charge < -0.3 is 14.5 Å². The van der Waals surface area contributed by atoms with Gasteiger partial charge in [-0.15, -0.1) is 0 Å². The molecule has 1 N–H and O–H groups in total. The molecule has 2 unspecified atom stereocenters. The molecule has 0 amide bonds. The van der Waals surface area contributed by atoms with Crippen LogP contribution in [0.15, 0.2) is 23.0 Å². The molecule has 0 saturated carbocycles. The van der Waals surface area contributed by atoms with Crippen molar-refractivity contribution < 1.29 is 9.15 Å². The molecule has 86 valence electrons. The van der Waals surface area contributed by atoms with E-state index in [4.69, 9.17) is 9.15 Å². The second-order valence-corrected chi connectivity index (χ2v) is 3.79. The predicted octanol–water partition coefficient (Wildman–Crippen LogP) is 2.75. The molecular formula is C12H21NO2. The fourth-order valence-electron chi connectivity index (χ4n) is 1.63. The largest absolute Gasteiger partial charge is 0.472 e. The van der Waals surface area contributed by atoms with Crippen LogP contribution in [-0.2, 0) is 4.74 Å². The van der Waals surface area contributed by atoms with Crippen molar-refractivity contribution in [1.82, 2.24) is 5.32 Å². The van der Waals surface area contributed by atoms with Crippen molar-refractivity contribution in [3.63, 3.8) is 0 Å². The molecule has 0 saturated heterocycles. The van der Waals surface area contributed by atoms with Crippen LogP contribution < -0.4 is 5.32 Å². The summed E-state index contributed by atoms with van der Waals surface area (Å²) >= 11 is 0. The summed E-state index contributed by atoms with van der Waals surface area (Å²) in [5.74, 6) is 0. The van der Waals surface area contributed by atoms with Gasteiger partial charge in [0.15, 0.2) is 0 Å². The van der Waals surface area contributed by atoms with Gasteiger partial charge in [0.1, 0.15) is 0 Å². The zero-order valence-corrected chi connectivity index (χ0v) is 9.82. The number of furan rings is 1. The highest BCUT2D eigenvalue weighted by molar-refractivity contribution is 5.11. The SMILES string of the molecule is CCNC(CCC(C)OC)c1ccoc1. The Labute approximate surface area is 91.8 Å². The highest BCUT2D eigenvalue weighted by atomic mass is 16.5. The first-order valence-electron chi connectivity index (χ1n) is 5.56. The fraction of sp³-hybridized carbons (Fsp3) is 0.667. The molecule has 1 heterocycles.